The van der Waals surface area contributed by atoms with E-state index in [4.69, 9.17) is 0 Å². The molecule has 3 aromatic rings. The van der Waals surface area contributed by atoms with E-state index in [0.29, 0.717) is 6.54 Å². The second-order valence-corrected chi connectivity index (χ2v) is 7.42. The van der Waals surface area contributed by atoms with Gasteiger partial charge in [-0.15, -0.1) is 0 Å². The lowest BCUT2D eigenvalue weighted by Crippen LogP contribution is -2.55. The van der Waals surface area contributed by atoms with Gasteiger partial charge in [-0.2, -0.15) is 0 Å². The van der Waals surface area contributed by atoms with Gasteiger partial charge in [0.15, 0.2) is 0 Å². The summed E-state index contributed by atoms with van der Waals surface area (Å²) >= 11 is 0. The SMILES string of the molecule is O=C1[C@@H](/C=C/c2ccccc2)N(Cc2ccccc2)CCN1Cc1ccccc1. The molecule has 29 heavy (non-hydrogen) atoms. The standard InChI is InChI=1S/C26H26N2O/c29-26-25(17-16-22-10-4-1-5-11-22)27(20-23-12-6-2-7-13-23)18-19-28(26)21-24-14-8-3-9-15-24/h1-17,25H,18-21H2/b17-16+/t25-/m1/s1. The second-order valence-electron chi connectivity index (χ2n) is 7.42. The first-order chi connectivity index (χ1) is 14.3. The molecule has 1 fully saturated rings. The number of carbonyl (C=O) groups excluding carboxylic acids is 1. The highest BCUT2D eigenvalue weighted by Gasteiger charge is 2.32. The molecule has 0 unspecified atom stereocenters. The third-order valence-electron chi connectivity index (χ3n) is 5.33. The van der Waals surface area contributed by atoms with Crippen LogP contribution >= 0.6 is 0 Å². The molecule has 0 spiro atoms. The average molecular weight is 383 g/mol. The van der Waals surface area contributed by atoms with Crippen LogP contribution in [0.5, 0.6) is 0 Å². The Hall–Kier alpha value is -3.17. The van der Waals surface area contributed by atoms with Crippen LogP contribution in [-0.2, 0) is 17.9 Å². The lowest BCUT2D eigenvalue weighted by atomic mass is 10.1. The van der Waals surface area contributed by atoms with Crippen molar-refractivity contribution in [1.82, 2.24) is 9.80 Å². The summed E-state index contributed by atoms with van der Waals surface area (Å²) in [7, 11) is 0. The number of piperazine rings is 1. The molecule has 4 rings (SSSR count). The molecule has 1 saturated heterocycles. The summed E-state index contributed by atoms with van der Waals surface area (Å²) in [4.78, 5) is 17.6. The maximum atomic E-state index is 13.4. The Bertz CT molecular complexity index is 938. The minimum absolute atomic E-state index is 0.170. The van der Waals surface area contributed by atoms with Crippen molar-refractivity contribution in [1.29, 1.82) is 0 Å². The van der Waals surface area contributed by atoms with Gasteiger partial charge in [0.25, 0.3) is 0 Å². The molecule has 0 N–H and O–H groups in total. The summed E-state index contributed by atoms with van der Waals surface area (Å²) in [6.07, 6.45) is 4.12. The fourth-order valence-corrected chi connectivity index (χ4v) is 3.77. The molecule has 3 aromatic carbocycles. The fourth-order valence-electron chi connectivity index (χ4n) is 3.77. The predicted molar refractivity (Wildman–Crippen MR) is 118 cm³/mol. The van der Waals surface area contributed by atoms with E-state index in [1.54, 1.807) is 0 Å². The Labute approximate surface area is 172 Å². The van der Waals surface area contributed by atoms with Gasteiger partial charge in [-0.3, -0.25) is 9.69 Å². The molecule has 0 saturated carbocycles. The molecule has 0 radical (unpaired) electrons. The summed E-state index contributed by atoms with van der Waals surface area (Å²) in [6, 6.07) is 30.5. The zero-order chi connectivity index (χ0) is 19.9. The van der Waals surface area contributed by atoms with Crippen LogP contribution in [0.15, 0.2) is 97.1 Å². The van der Waals surface area contributed by atoms with E-state index in [-0.39, 0.29) is 11.9 Å². The highest BCUT2D eigenvalue weighted by atomic mass is 16.2. The van der Waals surface area contributed by atoms with Crippen LogP contribution in [-0.4, -0.2) is 34.8 Å². The number of nitrogens with zero attached hydrogens (tertiary/aromatic N) is 2. The molecule has 1 amide bonds. The van der Waals surface area contributed by atoms with Crippen LogP contribution in [0.2, 0.25) is 0 Å². The van der Waals surface area contributed by atoms with Crippen molar-refractivity contribution in [2.75, 3.05) is 13.1 Å². The van der Waals surface area contributed by atoms with Gasteiger partial charge in [0.1, 0.15) is 6.04 Å². The zero-order valence-corrected chi connectivity index (χ0v) is 16.5. The average Bonchev–Trinajstić information content (AvgIpc) is 2.77. The van der Waals surface area contributed by atoms with Crippen LogP contribution in [0.25, 0.3) is 6.08 Å². The van der Waals surface area contributed by atoms with Crippen molar-refractivity contribution in [3.63, 3.8) is 0 Å². The smallest absolute Gasteiger partial charge is 0.244 e. The Morgan fingerprint density at radius 2 is 1.28 bits per heavy atom. The summed E-state index contributed by atoms with van der Waals surface area (Å²) in [5, 5.41) is 0. The maximum absolute atomic E-state index is 13.4. The summed E-state index contributed by atoms with van der Waals surface area (Å²) in [6.45, 7) is 3.04. The largest absolute Gasteiger partial charge is 0.335 e. The van der Waals surface area contributed by atoms with Crippen molar-refractivity contribution in [2.24, 2.45) is 0 Å². The molecule has 0 aliphatic carbocycles. The van der Waals surface area contributed by atoms with E-state index in [9.17, 15) is 4.79 Å². The lowest BCUT2D eigenvalue weighted by molar-refractivity contribution is -0.140. The van der Waals surface area contributed by atoms with E-state index >= 15 is 0 Å². The van der Waals surface area contributed by atoms with E-state index in [1.807, 2.05) is 47.4 Å². The Kier molecular flexibility index (Phi) is 6.18. The molecule has 1 heterocycles. The van der Waals surface area contributed by atoms with Gasteiger partial charge in [0, 0.05) is 26.2 Å². The van der Waals surface area contributed by atoms with Gasteiger partial charge >= 0.3 is 0 Å². The molecule has 0 aromatic heterocycles. The highest BCUT2D eigenvalue weighted by Crippen LogP contribution is 2.19. The van der Waals surface area contributed by atoms with Gasteiger partial charge in [-0.1, -0.05) is 103 Å². The Balaban J connectivity index is 1.55. The number of hydrogen-bond donors (Lipinski definition) is 0. The number of benzene rings is 3. The first kappa shape index (κ1) is 19.2. The van der Waals surface area contributed by atoms with Crippen LogP contribution in [0.1, 0.15) is 16.7 Å². The van der Waals surface area contributed by atoms with Gasteiger partial charge in [-0.25, -0.2) is 0 Å². The Morgan fingerprint density at radius 3 is 1.90 bits per heavy atom. The minimum Gasteiger partial charge on any atom is -0.335 e. The molecule has 1 atom stereocenters. The molecule has 0 bridgehead atoms. The van der Waals surface area contributed by atoms with Gasteiger partial charge < -0.3 is 4.90 Å². The van der Waals surface area contributed by atoms with Crippen molar-refractivity contribution in [3.05, 3.63) is 114 Å². The molecule has 3 heteroatoms. The van der Waals surface area contributed by atoms with E-state index in [1.165, 1.54) is 11.1 Å². The predicted octanol–water partition coefficient (Wildman–Crippen LogP) is 4.61. The molecule has 1 aliphatic heterocycles. The van der Waals surface area contributed by atoms with Crippen LogP contribution in [0.4, 0.5) is 0 Å². The first-order valence-corrected chi connectivity index (χ1v) is 10.1. The third kappa shape index (κ3) is 5.01. The topological polar surface area (TPSA) is 23.6 Å². The summed E-state index contributed by atoms with van der Waals surface area (Å²) in [5.41, 5.74) is 3.51. The number of hydrogen-bond acceptors (Lipinski definition) is 2. The van der Waals surface area contributed by atoms with E-state index in [0.717, 1.165) is 25.2 Å². The number of rotatable bonds is 6. The van der Waals surface area contributed by atoms with Gasteiger partial charge in [0.2, 0.25) is 5.91 Å². The normalized spacial score (nSPS) is 17.7. The summed E-state index contributed by atoms with van der Waals surface area (Å²) < 4.78 is 0. The van der Waals surface area contributed by atoms with Gasteiger partial charge in [0.05, 0.1) is 0 Å². The molecular weight excluding hydrogens is 356 g/mol. The lowest BCUT2D eigenvalue weighted by Gasteiger charge is -2.39. The quantitative estimate of drug-likeness (QED) is 0.621. The monoisotopic (exact) mass is 382 g/mol. The maximum Gasteiger partial charge on any atom is 0.244 e. The number of carbonyl (C=O) groups is 1. The molecular formula is C26H26N2O. The fraction of sp³-hybridized carbons (Fsp3) is 0.192. The highest BCUT2D eigenvalue weighted by molar-refractivity contribution is 5.85. The van der Waals surface area contributed by atoms with Crippen LogP contribution in [0.3, 0.4) is 0 Å². The van der Waals surface area contributed by atoms with Crippen molar-refractivity contribution < 1.29 is 4.79 Å². The van der Waals surface area contributed by atoms with Crippen LogP contribution in [0, 0.1) is 0 Å². The van der Waals surface area contributed by atoms with Crippen molar-refractivity contribution in [3.8, 4) is 0 Å². The first-order valence-electron chi connectivity index (χ1n) is 10.1. The minimum atomic E-state index is -0.257. The van der Waals surface area contributed by atoms with E-state index < -0.39 is 0 Å². The molecule has 1 aliphatic rings. The van der Waals surface area contributed by atoms with Crippen molar-refractivity contribution in [2.45, 2.75) is 19.1 Å². The Morgan fingerprint density at radius 1 is 0.724 bits per heavy atom. The zero-order valence-electron chi connectivity index (χ0n) is 16.5. The van der Waals surface area contributed by atoms with Gasteiger partial charge in [-0.05, 0) is 16.7 Å². The molecule has 3 nitrogen and oxygen atoms in total. The summed E-state index contributed by atoms with van der Waals surface area (Å²) in [5.74, 6) is 0.170. The second kappa shape index (κ2) is 9.35. The third-order valence-corrected chi connectivity index (χ3v) is 5.33. The van der Waals surface area contributed by atoms with E-state index in [2.05, 4.69) is 65.6 Å². The van der Waals surface area contributed by atoms with Crippen LogP contribution < -0.4 is 0 Å². The molecule has 146 valence electrons. The number of amides is 1. The van der Waals surface area contributed by atoms with Crippen molar-refractivity contribution >= 4 is 12.0 Å².